The van der Waals surface area contributed by atoms with E-state index in [1.54, 1.807) is 6.20 Å². The molecule has 1 N–H and O–H groups in total. The van der Waals surface area contributed by atoms with E-state index in [9.17, 15) is 9.59 Å². The summed E-state index contributed by atoms with van der Waals surface area (Å²) in [5, 5.41) is 3.72. The number of anilines is 1. The summed E-state index contributed by atoms with van der Waals surface area (Å²) in [6.07, 6.45) is 3.84. The summed E-state index contributed by atoms with van der Waals surface area (Å²) >= 11 is 3.65. The van der Waals surface area contributed by atoms with Crippen LogP contribution in [0.25, 0.3) is 10.1 Å². The maximum Gasteiger partial charge on any atom is 0.411 e. The van der Waals surface area contributed by atoms with E-state index >= 15 is 0 Å². The number of benzene rings is 2. The summed E-state index contributed by atoms with van der Waals surface area (Å²) in [6, 6.07) is 13.5. The van der Waals surface area contributed by atoms with Crippen molar-refractivity contribution in [1.82, 2.24) is 9.27 Å². The molecule has 0 saturated carbocycles. The summed E-state index contributed by atoms with van der Waals surface area (Å²) in [6.45, 7) is 3.03. The number of Topliss-reactive ketones (excluding diaryl/α,β-unsaturated/α-hetero) is 1. The minimum Gasteiger partial charge on any atom is -0.449 e. The van der Waals surface area contributed by atoms with Gasteiger partial charge in [-0.15, -0.1) is 0 Å². The van der Waals surface area contributed by atoms with Gasteiger partial charge in [0, 0.05) is 27.0 Å². The zero-order valence-electron chi connectivity index (χ0n) is 17.1. The van der Waals surface area contributed by atoms with Crippen molar-refractivity contribution in [2.24, 2.45) is 5.92 Å². The van der Waals surface area contributed by atoms with Gasteiger partial charge in [0.05, 0.1) is 23.2 Å². The van der Waals surface area contributed by atoms with Crippen LogP contribution in [-0.2, 0) is 4.74 Å². The van der Waals surface area contributed by atoms with Gasteiger partial charge in [0.1, 0.15) is 0 Å². The van der Waals surface area contributed by atoms with Crippen LogP contribution >= 0.6 is 34.1 Å². The molecule has 0 aliphatic carbocycles. The minimum atomic E-state index is -0.444. The smallest absolute Gasteiger partial charge is 0.411 e. The molecule has 1 amide bonds. The number of amides is 1. The molecular formula is C23H24IN3O3S. The number of nitrogens with zero attached hydrogens (tertiary/aromatic N) is 2. The van der Waals surface area contributed by atoms with Gasteiger partial charge in [0.2, 0.25) is 0 Å². The van der Waals surface area contributed by atoms with Crippen molar-refractivity contribution >= 4 is 61.8 Å². The molecule has 0 radical (unpaired) electrons. The van der Waals surface area contributed by atoms with Crippen molar-refractivity contribution in [3.63, 3.8) is 0 Å². The second-order valence-electron chi connectivity index (χ2n) is 7.64. The number of halogens is 1. The molecule has 2 aromatic carbocycles. The molecule has 8 heteroatoms. The van der Waals surface area contributed by atoms with Crippen LogP contribution in [0.15, 0.2) is 48.7 Å². The van der Waals surface area contributed by atoms with E-state index < -0.39 is 6.09 Å². The molecule has 1 aromatic heterocycles. The van der Waals surface area contributed by atoms with Gasteiger partial charge in [-0.25, -0.2) is 4.79 Å². The fourth-order valence-corrected chi connectivity index (χ4v) is 4.90. The average molecular weight is 549 g/mol. The van der Waals surface area contributed by atoms with Crippen LogP contribution in [0.2, 0.25) is 0 Å². The van der Waals surface area contributed by atoms with E-state index in [0.717, 1.165) is 63.8 Å². The van der Waals surface area contributed by atoms with Crippen molar-refractivity contribution in [2.75, 3.05) is 31.6 Å². The Morgan fingerprint density at radius 2 is 1.94 bits per heavy atom. The standard InChI is InChI=1S/C23H24IN3O3S/c24-18-7-5-16(6-8-18)22(28)17-9-12-27(13-10-17)11-2-14-30-23(29)26-20-3-1-4-21-19(20)15-25-31-21/h1,3-8,15,17H,2,9-14H2,(H,26,29). The number of hydrogen-bond acceptors (Lipinski definition) is 6. The van der Waals surface area contributed by atoms with Crippen LogP contribution in [0.3, 0.4) is 0 Å². The molecule has 31 heavy (non-hydrogen) atoms. The zero-order valence-corrected chi connectivity index (χ0v) is 20.0. The Hall–Kier alpha value is -2.04. The van der Waals surface area contributed by atoms with Gasteiger partial charge in [0.15, 0.2) is 5.78 Å². The highest BCUT2D eigenvalue weighted by molar-refractivity contribution is 14.1. The molecule has 0 unspecified atom stereocenters. The van der Waals surface area contributed by atoms with E-state index in [1.807, 2.05) is 42.5 Å². The van der Waals surface area contributed by atoms with E-state index in [2.05, 4.69) is 37.2 Å². The van der Waals surface area contributed by atoms with E-state index in [0.29, 0.717) is 6.61 Å². The Bertz CT molecular complexity index is 1050. The van der Waals surface area contributed by atoms with Gasteiger partial charge in [-0.2, -0.15) is 4.37 Å². The van der Waals surface area contributed by atoms with Crippen molar-refractivity contribution in [3.8, 4) is 0 Å². The van der Waals surface area contributed by atoms with Crippen LogP contribution in [0.5, 0.6) is 0 Å². The predicted molar refractivity (Wildman–Crippen MR) is 132 cm³/mol. The maximum absolute atomic E-state index is 12.7. The molecule has 6 nitrogen and oxygen atoms in total. The highest BCUT2D eigenvalue weighted by Gasteiger charge is 2.25. The first kappa shape index (κ1) is 22.2. The molecule has 4 rings (SSSR count). The maximum atomic E-state index is 12.7. The minimum absolute atomic E-state index is 0.104. The molecule has 1 fully saturated rings. The lowest BCUT2D eigenvalue weighted by molar-refractivity contribution is 0.0830. The predicted octanol–water partition coefficient (Wildman–Crippen LogP) is 5.43. The van der Waals surface area contributed by atoms with Gasteiger partial charge >= 0.3 is 6.09 Å². The number of aromatic nitrogens is 1. The molecule has 0 spiro atoms. The second-order valence-corrected chi connectivity index (χ2v) is 9.72. The Balaban J connectivity index is 1.15. The summed E-state index contributed by atoms with van der Waals surface area (Å²) in [5.41, 5.74) is 1.53. The lowest BCUT2D eigenvalue weighted by Crippen LogP contribution is -2.37. The van der Waals surface area contributed by atoms with Crippen molar-refractivity contribution in [1.29, 1.82) is 0 Å². The summed E-state index contributed by atoms with van der Waals surface area (Å²) in [4.78, 5) is 27.1. The van der Waals surface area contributed by atoms with Crippen LogP contribution in [0, 0.1) is 9.49 Å². The molecule has 1 aliphatic rings. The first-order chi connectivity index (χ1) is 15.1. The Morgan fingerprint density at radius 1 is 1.16 bits per heavy atom. The van der Waals surface area contributed by atoms with Crippen LogP contribution < -0.4 is 5.32 Å². The topological polar surface area (TPSA) is 71.5 Å². The van der Waals surface area contributed by atoms with E-state index in [4.69, 9.17) is 4.74 Å². The molecule has 0 bridgehead atoms. The van der Waals surface area contributed by atoms with Gasteiger partial charge in [-0.05, 0) is 90.7 Å². The van der Waals surface area contributed by atoms with Crippen molar-refractivity contribution < 1.29 is 14.3 Å². The largest absolute Gasteiger partial charge is 0.449 e. The number of nitrogens with one attached hydrogen (secondary N) is 1. The highest BCUT2D eigenvalue weighted by Crippen LogP contribution is 2.26. The Labute approximate surface area is 199 Å². The lowest BCUT2D eigenvalue weighted by atomic mass is 9.89. The number of likely N-dealkylation sites (tertiary alicyclic amines) is 1. The van der Waals surface area contributed by atoms with Crippen LogP contribution in [-0.4, -0.2) is 47.4 Å². The fourth-order valence-electron chi connectivity index (χ4n) is 3.87. The number of carbonyl (C=O) groups excluding carboxylic acids is 2. The Morgan fingerprint density at radius 3 is 2.71 bits per heavy atom. The summed E-state index contributed by atoms with van der Waals surface area (Å²) in [7, 11) is 0. The molecule has 3 aromatic rings. The molecule has 162 valence electrons. The number of fused-ring (bicyclic) bond motifs is 1. The normalized spacial score (nSPS) is 15.1. The third-order valence-electron chi connectivity index (χ3n) is 5.57. The number of ether oxygens (including phenoxy) is 1. The van der Waals surface area contributed by atoms with Gasteiger partial charge in [-0.1, -0.05) is 18.2 Å². The van der Waals surface area contributed by atoms with E-state index in [1.165, 1.54) is 11.5 Å². The zero-order chi connectivity index (χ0) is 21.6. The molecule has 0 atom stereocenters. The first-order valence-electron chi connectivity index (χ1n) is 10.4. The summed E-state index contributed by atoms with van der Waals surface area (Å²) in [5.74, 6) is 0.361. The van der Waals surface area contributed by atoms with Crippen molar-refractivity contribution in [3.05, 3.63) is 57.8 Å². The van der Waals surface area contributed by atoms with Crippen molar-refractivity contribution in [2.45, 2.75) is 19.3 Å². The quantitative estimate of drug-likeness (QED) is 0.242. The van der Waals surface area contributed by atoms with Crippen LogP contribution in [0.4, 0.5) is 10.5 Å². The Kier molecular flexibility index (Phi) is 7.52. The fraction of sp³-hybridized carbons (Fsp3) is 0.348. The number of ketones is 1. The van der Waals surface area contributed by atoms with E-state index in [-0.39, 0.29) is 11.7 Å². The SMILES string of the molecule is O=C(Nc1cccc2sncc12)OCCCN1CCC(C(=O)c2ccc(I)cc2)CC1. The molecule has 1 saturated heterocycles. The molecular weight excluding hydrogens is 525 g/mol. The van der Waals surface area contributed by atoms with Gasteiger partial charge < -0.3 is 9.64 Å². The summed E-state index contributed by atoms with van der Waals surface area (Å²) < 4.78 is 11.7. The number of piperidine rings is 1. The molecule has 1 aliphatic heterocycles. The second kappa shape index (κ2) is 10.5. The molecule has 2 heterocycles. The van der Waals surface area contributed by atoms with Crippen LogP contribution in [0.1, 0.15) is 29.6 Å². The average Bonchev–Trinajstić information content (AvgIpc) is 3.27. The highest BCUT2D eigenvalue weighted by atomic mass is 127. The van der Waals surface area contributed by atoms with Gasteiger partial charge in [-0.3, -0.25) is 10.1 Å². The van der Waals surface area contributed by atoms with Gasteiger partial charge in [0.25, 0.3) is 0 Å². The number of rotatable bonds is 7. The number of hydrogen-bond donors (Lipinski definition) is 1. The number of carbonyl (C=O) groups is 2. The monoisotopic (exact) mass is 549 g/mol. The lowest BCUT2D eigenvalue weighted by Gasteiger charge is -2.31. The third kappa shape index (κ3) is 5.81. The third-order valence-corrected chi connectivity index (χ3v) is 7.06. The first-order valence-corrected chi connectivity index (χ1v) is 12.2.